The Morgan fingerprint density at radius 2 is 1.43 bits per heavy atom. The molecule has 7 heavy (non-hydrogen) atoms. The third-order valence-electron chi connectivity index (χ3n) is 0.471. The van der Waals surface area contributed by atoms with E-state index in [1.54, 1.807) is 0 Å². The molecule has 0 nitrogen and oxygen atoms in total. The number of hydrogen-bond donors (Lipinski definition) is 0. The van der Waals surface area contributed by atoms with E-state index in [1.807, 2.05) is 18.6 Å². The molecule has 0 unspecified atom stereocenters. The molecule has 0 aromatic carbocycles. The number of hydrogen-bond acceptors (Lipinski definition) is 0. The molecule has 3 heteroatoms. The first-order valence-electron chi connectivity index (χ1n) is 1.97. The topological polar surface area (TPSA) is 0 Å². The first-order chi connectivity index (χ1) is 2.27. The second-order valence-corrected chi connectivity index (χ2v) is 2.62. The minimum atomic E-state index is 0. The van der Waals surface area contributed by atoms with Gasteiger partial charge >= 0.3 is 43.3 Å². The van der Waals surface area contributed by atoms with Gasteiger partial charge in [0.25, 0.3) is 0 Å². The monoisotopic (exact) mass is 196 g/mol. The van der Waals surface area contributed by atoms with Crippen LogP contribution in [-0.2, 0) is 0 Å². The molecule has 0 spiro atoms. The number of halogens is 2. The molecule has 0 rings (SSSR count). The Bertz CT molecular complexity index is 23.7. The zero-order valence-corrected chi connectivity index (χ0v) is 8.55. The van der Waals surface area contributed by atoms with Crippen LogP contribution in [0.1, 0.15) is 13.8 Å². The van der Waals surface area contributed by atoms with Crippen LogP contribution < -0.4 is 24.8 Å². The molecule has 0 radical (unpaired) electrons. The van der Waals surface area contributed by atoms with E-state index >= 15 is 0 Å². The predicted octanol–water partition coefficient (Wildman–Crippen LogP) is -4.76. The Balaban J connectivity index is -0.0000000800. The van der Waals surface area contributed by atoms with Crippen LogP contribution in [-0.4, -0.2) is 18.6 Å². The molecule has 0 heterocycles. The van der Waals surface area contributed by atoms with Crippen molar-refractivity contribution >= 4 is 18.6 Å². The largest absolute Gasteiger partial charge is 1.00 e. The SMILES string of the molecule is CC(C)[CH2][Ga+2].[Cl-].[Cl-]. The minimum absolute atomic E-state index is 0. The quantitative estimate of drug-likeness (QED) is 0.371. The Hall–Kier alpha value is 1.22. The third-order valence-corrected chi connectivity index (χ3v) is 2.45. The maximum absolute atomic E-state index is 2.24. The van der Waals surface area contributed by atoms with Crippen molar-refractivity contribution in [1.29, 1.82) is 0 Å². The van der Waals surface area contributed by atoms with Gasteiger partial charge in [-0.3, -0.25) is 0 Å². The third kappa shape index (κ3) is 19.0. The molecule has 0 N–H and O–H groups in total. The van der Waals surface area contributed by atoms with Crippen LogP contribution in [0.4, 0.5) is 0 Å². The molecule has 0 amide bonds. The van der Waals surface area contributed by atoms with Crippen molar-refractivity contribution in [2.45, 2.75) is 18.8 Å². The number of rotatable bonds is 1. The zero-order valence-electron chi connectivity index (χ0n) is 4.62. The van der Waals surface area contributed by atoms with Gasteiger partial charge in [-0.15, -0.1) is 0 Å². The van der Waals surface area contributed by atoms with Gasteiger partial charge in [0, 0.05) is 0 Å². The smallest absolute Gasteiger partial charge is 1.00 e. The van der Waals surface area contributed by atoms with Crippen LogP contribution in [0.15, 0.2) is 0 Å². The Kier molecular flexibility index (Phi) is 23.0. The molecular weight excluding hydrogens is 189 g/mol. The van der Waals surface area contributed by atoms with Crippen LogP contribution >= 0.6 is 0 Å². The average Bonchev–Trinajstić information content (AvgIpc) is 1.38. The van der Waals surface area contributed by atoms with Crippen LogP contribution in [0.5, 0.6) is 0 Å². The van der Waals surface area contributed by atoms with Crippen molar-refractivity contribution < 1.29 is 24.8 Å². The summed E-state index contributed by atoms with van der Waals surface area (Å²) in [6, 6.07) is 0. The van der Waals surface area contributed by atoms with Crippen molar-refractivity contribution in [2.75, 3.05) is 0 Å². The molecule has 0 fully saturated rings. The van der Waals surface area contributed by atoms with E-state index in [4.69, 9.17) is 0 Å². The Morgan fingerprint density at radius 1 is 1.29 bits per heavy atom. The van der Waals surface area contributed by atoms with Gasteiger partial charge in [0.1, 0.15) is 0 Å². The summed E-state index contributed by atoms with van der Waals surface area (Å²) in [5, 5.41) is 0. The van der Waals surface area contributed by atoms with E-state index in [1.165, 1.54) is 4.98 Å². The average molecular weight is 198 g/mol. The van der Waals surface area contributed by atoms with Crippen LogP contribution in [0, 0.1) is 5.92 Å². The summed E-state index contributed by atoms with van der Waals surface area (Å²) in [5.41, 5.74) is 0. The fourth-order valence-corrected chi connectivity index (χ4v) is 0. The summed E-state index contributed by atoms with van der Waals surface area (Å²) in [7, 11) is 0. The first kappa shape index (κ1) is 15.7. The molecule has 0 bridgehead atoms. The molecule has 42 valence electrons. The molecule has 0 aliphatic heterocycles. The summed E-state index contributed by atoms with van der Waals surface area (Å²) >= 11 is 1.83. The Labute approximate surface area is 68.2 Å². The normalized spacial score (nSPS) is 7.00. The molecular formula is C4H9Cl2Ga. The van der Waals surface area contributed by atoms with Crippen LogP contribution in [0.25, 0.3) is 0 Å². The summed E-state index contributed by atoms with van der Waals surface area (Å²) in [6.45, 7) is 4.48. The van der Waals surface area contributed by atoms with E-state index < -0.39 is 0 Å². The standard InChI is InChI=1S/C4H9.2ClH.Ga/c1-4(2)3;;;/h4H,1H2,2-3H3;2*1H;/q;;;+2/p-2. The molecule has 0 aliphatic rings. The second-order valence-electron chi connectivity index (χ2n) is 1.63. The molecule has 0 aromatic heterocycles. The van der Waals surface area contributed by atoms with Gasteiger partial charge in [-0.1, -0.05) is 0 Å². The summed E-state index contributed by atoms with van der Waals surface area (Å²) in [6.07, 6.45) is 0. The van der Waals surface area contributed by atoms with E-state index in [0.29, 0.717) is 0 Å². The summed E-state index contributed by atoms with van der Waals surface area (Å²) in [5.74, 6) is 0.912. The Morgan fingerprint density at radius 3 is 1.43 bits per heavy atom. The molecule has 0 aliphatic carbocycles. The minimum Gasteiger partial charge on any atom is -1.00 e. The van der Waals surface area contributed by atoms with Crippen molar-refractivity contribution in [1.82, 2.24) is 0 Å². The van der Waals surface area contributed by atoms with Crippen LogP contribution in [0.3, 0.4) is 0 Å². The molecule has 0 saturated carbocycles. The second kappa shape index (κ2) is 10.2. The van der Waals surface area contributed by atoms with Crippen LogP contribution in [0.2, 0.25) is 4.98 Å². The molecule has 0 atom stereocenters. The fourth-order valence-electron chi connectivity index (χ4n) is 0. The summed E-state index contributed by atoms with van der Waals surface area (Å²) in [4.78, 5) is 1.37. The van der Waals surface area contributed by atoms with Crippen molar-refractivity contribution in [3.05, 3.63) is 0 Å². The van der Waals surface area contributed by atoms with Gasteiger partial charge < -0.3 is 24.8 Å². The van der Waals surface area contributed by atoms with Gasteiger partial charge in [0.2, 0.25) is 0 Å². The van der Waals surface area contributed by atoms with Crippen molar-refractivity contribution in [3.8, 4) is 0 Å². The van der Waals surface area contributed by atoms with Gasteiger partial charge in [-0.05, 0) is 0 Å². The maximum Gasteiger partial charge on any atom is -1.00 e. The van der Waals surface area contributed by atoms with E-state index in [0.717, 1.165) is 5.92 Å². The zero-order chi connectivity index (χ0) is 4.28. The van der Waals surface area contributed by atoms with Crippen molar-refractivity contribution in [2.24, 2.45) is 5.92 Å². The molecule has 0 saturated heterocycles. The van der Waals surface area contributed by atoms with E-state index in [-0.39, 0.29) is 24.8 Å². The first-order valence-corrected chi connectivity index (χ1v) is 3.68. The van der Waals surface area contributed by atoms with Crippen molar-refractivity contribution in [3.63, 3.8) is 0 Å². The van der Waals surface area contributed by atoms with Gasteiger partial charge in [-0.2, -0.15) is 0 Å². The predicted molar refractivity (Wildman–Crippen MR) is 25.4 cm³/mol. The van der Waals surface area contributed by atoms with Gasteiger partial charge in [-0.25, -0.2) is 0 Å². The van der Waals surface area contributed by atoms with E-state index in [2.05, 4.69) is 13.8 Å². The maximum atomic E-state index is 2.24. The van der Waals surface area contributed by atoms with E-state index in [9.17, 15) is 0 Å². The summed E-state index contributed by atoms with van der Waals surface area (Å²) < 4.78 is 0. The van der Waals surface area contributed by atoms with Gasteiger partial charge in [0.05, 0.1) is 0 Å². The van der Waals surface area contributed by atoms with Gasteiger partial charge in [0.15, 0.2) is 0 Å². The fraction of sp³-hybridized carbons (Fsp3) is 1.00. The molecule has 0 aromatic rings.